The number of ether oxygens (including phenoxy) is 3. The predicted molar refractivity (Wildman–Crippen MR) is 65.6 cm³/mol. The van der Waals surface area contributed by atoms with Crippen LogP contribution in [0, 0.1) is 0 Å². The Labute approximate surface area is 102 Å². The van der Waals surface area contributed by atoms with E-state index in [2.05, 4.69) is 0 Å². The Kier molecular flexibility index (Phi) is 5.25. The maximum Gasteiger partial charge on any atom is 0.164 e. The molecule has 1 aromatic rings. The largest absolute Gasteiger partial charge is 0.493 e. The number of hydrogen-bond acceptors (Lipinski definition) is 4. The molecule has 0 aliphatic heterocycles. The molecule has 0 radical (unpaired) electrons. The lowest BCUT2D eigenvalue weighted by atomic mass is 10.0. The minimum absolute atomic E-state index is 0.425. The summed E-state index contributed by atoms with van der Waals surface area (Å²) in [4.78, 5) is 0. The van der Waals surface area contributed by atoms with Crippen LogP contribution in [0.4, 0.5) is 0 Å². The summed E-state index contributed by atoms with van der Waals surface area (Å²) in [7, 11) is 4.84. The summed E-state index contributed by atoms with van der Waals surface area (Å²) in [5.74, 6) is 1.34. The predicted octanol–water partition coefficient (Wildman–Crippen LogP) is 1.77. The van der Waals surface area contributed by atoms with E-state index in [1.54, 1.807) is 28.3 Å². The summed E-state index contributed by atoms with van der Waals surface area (Å²) >= 11 is 0. The van der Waals surface area contributed by atoms with Crippen molar-refractivity contribution in [2.75, 3.05) is 21.3 Å². The van der Waals surface area contributed by atoms with E-state index in [1.807, 2.05) is 12.1 Å². The molecule has 4 heteroatoms. The molecule has 0 spiro atoms. The molecule has 1 aromatic carbocycles. The van der Waals surface area contributed by atoms with E-state index in [4.69, 9.17) is 14.2 Å². The first-order valence-corrected chi connectivity index (χ1v) is 5.53. The summed E-state index contributed by atoms with van der Waals surface area (Å²) < 4.78 is 15.7. The highest BCUT2D eigenvalue weighted by Gasteiger charge is 2.13. The quantitative estimate of drug-likeness (QED) is 0.823. The second kappa shape index (κ2) is 6.47. The zero-order valence-electron chi connectivity index (χ0n) is 10.8. The van der Waals surface area contributed by atoms with Crippen molar-refractivity contribution in [3.05, 3.63) is 23.3 Å². The summed E-state index contributed by atoms with van der Waals surface area (Å²) in [6.07, 6.45) is 0.100. The fourth-order valence-corrected chi connectivity index (χ4v) is 1.83. The van der Waals surface area contributed by atoms with Gasteiger partial charge in [0.1, 0.15) is 0 Å². The highest BCUT2D eigenvalue weighted by Crippen LogP contribution is 2.33. The van der Waals surface area contributed by atoms with Crippen LogP contribution in [0.2, 0.25) is 0 Å². The Morgan fingerprint density at radius 3 is 2.35 bits per heavy atom. The van der Waals surface area contributed by atoms with Crippen molar-refractivity contribution in [2.24, 2.45) is 0 Å². The van der Waals surface area contributed by atoms with Gasteiger partial charge >= 0.3 is 0 Å². The number of aliphatic hydroxyl groups excluding tert-OH is 1. The molecular formula is C13H20O4. The molecule has 0 aliphatic rings. The van der Waals surface area contributed by atoms with E-state index in [-0.39, 0.29) is 0 Å². The van der Waals surface area contributed by atoms with Gasteiger partial charge in [0, 0.05) is 19.1 Å². The van der Waals surface area contributed by atoms with Crippen molar-refractivity contribution in [2.45, 2.75) is 26.1 Å². The zero-order chi connectivity index (χ0) is 12.8. The molecule has 96 valence electrons. The van der Waals surface area contributed by atoms with Gasteiger partial charge in [-0.15, -0.1) is 0 Å². The van der Waals surface area contributed by atoms with E-state index in [0.29, 0.717) is 24.5 Å². The van der Waals surface area contributed by atoms with Crippen LogP contribution in [0.25, 0.3) is 0 Å². The first kappa shape index (κ1) is 13.8. The fourth-order valence-electron chi connectivity index (χ4n) is 1.83. The van der Waals surface area contributed by atoms with Gasteiger partial charge in [-0.1, -0.05) is 0 Å². The smallest absolute Gasteiger partial charge is 0.164 e. The summed E-state index contributed by atoms with van der Waals surface area (Å²) in [5.41, 5.74) is 1.93. The van der Waals surface area contributed by atoms with Gasteiger partial charge in [0.05, 0.1) is 26.9 Å². The molecule has 4 nitrogen and oxygen atoms in total. The minimum Gasteiger partial charge on any atom is -0.493 e. The number of methoxy groups -OCH3 is 3. The molecule has 0 aliphatic carbocycles. The van der Waals surface area contributed by atoms with Gasteiger partial charge in [-0.3, -0.25) is 0 Å². The van der Waals surface area contributed by atoms with Gasteiger partial charge in [0.15, 0.2) is 11.5 Å². The van der Waals surface area contributed by atoms with Crippen molar-refractivity contribution < 1.29 is 19.3 Å². The molecule has 0 fully saturated rings. The Morgan fingerprint density at radius 1 is 1.18 bits per heavy atom. The van der Waals surface area contributed by atoms with E-state index in [9.17, 15) is 5.11 Å². The van der Waals surface area contributed by atoms with Gasteiger partial charge in [-0.25, -0.2) is 0 Å². The molecule has 0 aromatic heterocycles. The highest BCUT2D eigenvalue weighted by atomic mass is 16.5. The van der Waals surface area contributed by atoms with E-state index >= 15 is 0 Å². The molecule has 0 heterocycles. The van der Waals surface area contributed by atoms with Crippen LogP contribution in [-0.2, 0) is 17.8 Å². The Hall–Kier alpha value is -1.26. The van der Waals surface area contributed by atoms with Gasteiger partial charge in [-0.2, -0.15) is 0 Å². The molecule has 1 atom stereocenters. The maximum atomic E-state index is 9.48. The standard InChI is InChI=1S/C13H20O4/c1-9(14)5-11-6-10(8-15-2)7-12(16-3)13(11)17-4/h6-7,9,14H,5,8H2,1-4H3. The van der Waals surface area contributed by atoms with Crippen molar-refractivity contribution in [3.63, 3.8) is 0 Å². The number of aliphatic hydroxyl groups is 1. The lowest BCUT2D eigenvalue weighted by Gasteiger charge is -2.16. The highest BCUT2D eigenvalue weighted by molar-refractivity contribution is 5.49. The van der Waals surface area contributed by atoms with Crippen molar-refractivity contribution >= 4 is 0 Å². The van der Waals surface area contributed by atoms with Crippen LogP contribution in [0.15, 0.2) is 12.1 Å². The van der Waals surface area contributed by atoms with E-state index in [0.717, 1.165) is 11.1 Å². The first-order chi connectivity index (χ1) is 8.12. The number of rotatable bonds is 6. The molecule has 0 amide bonds. The molecule has 0 saturated carbocycles. The second-order valence-electron chi connectivity index (χ2n) is 3.98. The molecule has 0 saturated heterocycles. The van der Waals surface area contributed by atoms with Crippen molar-refractivity contribution in [1.82, 2.24) is 0 Å². The Balaban J connectivity index is 3.16. The molecule has 17 heavy (non-hydrogen) atoms. The van der Waals surface area contributed by atoms with Gasteiger partial charge in [0.25, 0.3) is 0 Å². The third kappa shape index (κ3) is 3.61. The summed E-state index contributed by atoms with van der Waals surface area (Å²) in [6.45, 7) is 2.25. The number of benzene rings is 1. The lowest BCUT2D eigenvalue weighted by molar-refractivity contribution is 0.183. The first-order valence-electron chi connectivity index (χ1n) is 5.53. The van der Waals surface area contributed by atoms with Crippen LogP contribution < -0.4 is 9.47 Å². The number of hydrogen-bond donors (Lipinski definition) is 1. The third-order valence-corrected chi connectivity index (χ3v) is 2.44. The third-order valence-electron chi connectivity index (χ3n) is 2.44. The summed E-state index contributed by atoms with van der Waals surface area (Å²) in [5, 5.41) is 9.48. The normalized spacial score (nSPS) is 12.3. The summed E-state index contributed by atoms with van der Waals surface area (Å²) in [6, 6.07) is 3.85. The van der Waals surface area contributed by atoms with E-state index in [1.165, 1.54) is 0 Å². The van der Waals surface area contributed by atoms with E-state index < -0.39 is 6.10 Å². The molecule has 1 N–H and O–H groups in total. The van der Waals surface area contributed by atoms with Crippen LogP contribution in [0.5, 0.6) is 11.5 Å². The van der Waals surface area contributed by atoms with Gasteiger partial charge < -0.3 is 19.3 Å². The molecule has 1 unspecified atom stereocenters. The topological polar surface area (TPSA) is 47.9 Å². The van der Waals surface area contributed by atoms with Crippen molar-refractivity contribution in [3.8, 4) is 11.5 Å². The fraction of sp³-hybridized carbons (Fsp3) is 0.538. The SMILES string of the molecule is COCc1cc(CC(C)O)c(OC)c(OC)c1. The van der Waals surface area contributed by atoms with Gasteiger partial charge in [0.2, 0.25) is 0 Å². The average Bonchev–Trinajstić information content (AvgIpc) is 2.28. The minimum atomic E-state index is -0.425. The Morgan fingerprint density at radius 2 is 1.88 bits per heavy atom. The zero-order valence-corrected chi connectivity index (χ0v) is 10.8. The van der Waals surface area contributed by atoms with Crippen molar-refractivity contribution in [1.29, 1.82) is 0 Å². The van der Waals surface area contributed by atoms with Crippen LogP contribution in [-0.4, -0.2) is 32.5 Å². The van der Waals surface area contributed by atoms with Crippen LogP contribution >= 0.6 is 0 Å². The average molecular weight is 240 g/mol. The molecular weight excluding hydrogens is 220 g/mol. The van der Waals surface area contributed by atoms with Crippen LogP contribution in [0.3, 0.4) is 0 Å². The van der Waals surface area contributed by atoms with Crippen LogP contribution in [0.1, 0.15) is 18.1 Å². The monoisotopic (exact) mass is 240 g/mol. The second-order valence-corrected chi connectivity index (χ2v) is 3.98. The Bertz CT molecular complexity index is 361. The molecule has 0 bridgehead atoms. The van der Waals surface area contributed by atoms with Gasteiger partial charge in [-0.05, 0) is 24.6 Å². The lowest BCUT2D eigenvalue weighted by Crippen LogP contribution is -2.07. The maximum absolute atomic E-state index is 9.48. The molecule has 1 rings (SSSR count).